The van der Waals surface area contributed by atoms with E-state index in [-0.39, 0.29) is 5.91 Å². The zero-order chi connectivity index (χ0) is 13.4. The fraction of sp³-hybridized carbons (Fsp3) is 0.462. The number of carbonyl (C=O) groups excluding carboxylic acids is 1. The summed E-state index contributed by atoms with van der Waals surface area (Å²) in [5, 5.41) is 5.83. The van der Waals surface area contributed by atoms with Gasteiger partial charge in [-0.2, -0.15) is 0 Å². The molecule has 1 aromatic rings. The molecular weight excluding hydrogens is 296 g/mol. The highest BCUT2D eigenvalue weighted by Gasteiger charge is 2.05. The van der Waals surface area contributed by atoms with Gasteiger partial charge in [0.2, 0.25) is 5.91 Å². The third kappa shape index (κ3) is 5.06. The molecule has 18 heavy (non-hydrogen) atoms. The molecule has 5 heteroatoms. The van der Waals surface area contributed by atoms with Gasteiger partial charge in [0.15, 0.2) is 0 Å². The fourth-order valence-corrected chi connectivity index (χ4v) is 1.97. The second kappa shape index (κ2) is 8.11. The van der Waals surface area contributed by atoms with Gasteiger partial charge in [-0.15, -0.1) is 0 Å². The van der Waals surface area contributed by atoms with Crippen molar-refractivity contribution in [1.29, 1.82) is 0 Å². The lowest BCUT2D eigenvalue weighted by molar-refractivity contribution is -0.121. The monoisotopic (exact) mass is 314 g/mol. The Morgan fingerprint density at radius 3 is 2.89 bits per heavy atom. The highest BCUT2D eigenvalue weighted by atomic mass is 79.9. The summed E-state index contributed by atoms with van der Waals surface area (Å²) < 4.78 is 6.66. The number of hydrogen-bond acceptors (Lipinski definition) is 3. The molecule has 0 saturated heterocycles. The third-order valence-corrected chi connectivity index (χ3v) is 2.84. The molecule has 0 aromatic heterocycles. The fourth-order valence-electron chi connectivity index (χ4n) is 1.56. The van der Waals surface area contributed by atoms with Crippen molar-refractivity contribution in [2.75, 3.05) is 20.2 Å². The molecule has 0 spiro atoms. The topological polar surface area (TPSA) is 50.4 Å². The predicted molar refractivity (Wildman–Crippen MR) is 75.7 cm³/mol. The SMILES string of the molecule is CCNC(=O)CCOc1ccc(Br)cc1CNC. The van der Waals surface area contributed by atoms with Crippen molar-refractivity contribution in [3.05, 3.63) is 28.2 Å². The molecule has 100 valence electrons. The molecule has 0 aliphatic heterocycles. The highest BCUT2D eigenvalue weighted by molar-refractivity contribution is 9.10. The van der Waals surface area contributed by atoms with Crippen LogP contribution < -0.4 is 15.4 Å². The Morgan fingerprint density at radius 1 is 1.44 bits per heavy atom. The average molecular weight is 315 g/mol. The van der Waals surface area contributed by atoms with E-state index in [1.165, 1.54) is 0 Å². The van der Waals surface area contributed by atoms with Gasteiger partial charge in [-0.3, -0.25) is 4.79 Å². The van der Waals surface area contributed by atoms with Gasteiger partial charge in [0.1, 0.15) is 5.75 Å². The van der Waals surface area contributed by atoms with Crippen molar-refractivity contribution in [2.45, 2.75) is 19.9 Å². The van der Waals surface area contributed by atoms with Crippen molar-refractivity contribution in [1.82, 2.24) is 10.6 Å². The first kappa shape index (κ1) is 15.0. The smallest absolute Gasteiger partial charge is 0.223 e. The zero-order valence-corrected chi connectivity index (χ0v) is 12.3. The number of carbonyl (C=O) groups is 1. The molecule has 1 rings (SSSR count). The van der Waals surface area contributed by atoms with Crippen molar-refractivity contribution in [3.8, 4) is 5.75 Å². The van der Waals surface area contributed by atoms with Crippen LogP contribution in [0.5, 0.6) is 5.75 Å². The minimum Gasteiger partial charge on any atom is -0.493 e. The molecule has 0 unspecified atom stereocenters. The molecule has 4 nitrogen and oxygen atoms in total. The van der Waals surface area contributed by atoms with E-state index >= 15 is 0 Å². The van der Waals surface area contributed by atoms with Crippen LogP contribution in [-0.2, 0) is 11.3 Å². The molecule has 0 radical (unpaired) electrons. The largest absolute Gasteiger partial charge is 0.493 e. The Bertz CT molecular complexity index is 397. The van der Waals surface area contributed by atoms with Gasteiger partial charge in [-0.1, -0.05) is 15.9 Å². The van der Waals surface area contributed by atoms with E-state index in [0.29, 0.717) is 19.6 Å². The quantitative estimate of drug-likeness (QED) is 0.810. The molecule has 0 aliphatic carbocycles. The standard InChI is InChI=1S/C13H19BrN2O2/c1-3-16-13(17)6-7-18-12-5-4-11(14)8-10(12)9-15-2/h4-5,8,15H,3,6-7,9H2,1-2H3,(H,16,17). The average Bonchev–Trinajstić information content (AvgIpc) is 2.33. The van der Waals surface area contributed by atoms with Gasteiger partial charge in [-0.25, -0.2) is 0 Å². The molecular formula is C13H19BrN2O2. The lowest BCUT2D eigenvalue weighted by Gasteiger charge is -2.11. The van der Waals surface area contributed by atoms with Gasteiger partial charge in [-0.05, 0) is 32.2 Å². The van der Waals surface area contributed by atoms with Crippen LogP contribution in [0, 0.1) is 0 Å². The van der Waals surface area contributed by atoms with E-state index in [0.717, 1.165) is 22.3 Å². The van der Waals surface area contributed by atoms with Crippen LogP contribution in [0.4, 0.5) is 0 Å². The summed E-state index contributed by atoms with van der Waals surface area (Å²) in [4.78, 5) is 11.3. The number of hydrogen-bond donors (Lipinski definition) is 2. The maximum absolute atomic E-state index is 11.3. The Labute approximate surface area is 116 Å². The van der Waals surface area contributed by atoms with Crippen LogP contribution >= 0.6 is 15.9 Å². The second-order valence-electron chi connectivity index (χ2n) is 3.83. The van der Waals surface area contributed by atoms with Crippen LogP contribution in [0.2, 0.25) is 0 Å². The van der Waals surface area contributed by atoms with Crippen LogP contribution in [0.1, 0.15) is 18.9 Å². The number of benzene rings is 1. The van der Waals surface area contributed by atoms with E-state index in [1.54, 1.807) is 0 Å². The normalized spacial score (nSPS) is 10.2. The summed E-state index contributed by atoms with van der Waals surface area (Å²) in [6, 6.07) is 5.85. The van der Waals surface area contributed by atoms with E-state index in [9.17, 15) is 4.79 Å². The Balaban J connectivity index is 2.53. The minimum absolute atomic E-state index is 0.0183. The number of ether oxygens (including phenoxy) is 1. The van der Waals surface area contributed by atoms with E-state index in [4.69, 9.17) is 4.74 Å². The third-order valence-electron chi connectivity index (χ3n) is 2.35. The Hall–Kier alpha value is -1.07. The van der Waals surface area contributed by atoms with Crippen LogP contribution in [-0.4, -0.2) is 26.1 Å². The summed E-state index contributed by atoms with van der Waals surface area (Å²) in [5.74, 6) is 0.835. The number of halogens is 1. The van der Waals surface area contributed by atoms with Crippen molar-refractivity contribution >= 4 is 21.8 Å². The number of amides is 1. The molecule has 0 bridgehead atoms. The van der Waals surface area contributed by atoms with Gasteiger partial charge < -0.3 is 15.4 Å². The van der Waals surface area contributed by atoms with E-state index < -0.39 is 0 Å². The second-order valence-corrected chi connectivity index (χ2v) is 4.75. The van der Waals surface area contributed by atoms with E-state index in [1.807, 2.05) is 32.2 Å². The summed E-state index contributed by atoms with van der Waals surface area (Å²) in [6.07, 6.45) is 0.378. The molecule has 1 amide bonds. The lowest BCUT2D eigenvalue weighted by atomic mass is 10.2. The molecule has 0 saturated carbocycles. The first-order chi connectivity index (χ1) is 8.67. The van der Waals surface area contributed by atoms with Gasteiger partial charge in [0.05, 0.1) is 13.0 Å². The molecule has 0 fully saturated rings. The molecule has 0 atom stereocenters. The summed E-state index contributed by atoms with van der Waals surface area (Å²) in [5.41, 5.74) is 1.07. The lowest BCUT2D eigenvalue weighted by Crippen LogP contribution is -2.24. The van der Waals surface area contributed by atoms with Gasteiger partial charge >= 0.3 is 0 Å². The van der Waals surface area contributed by atoms with Crippen molar-refractivity contribution in [3.63, 3.8) is 0 Å². The van der Waals surface area contributed by atoms with E-state index in [2.05, 4.69) is 26.6 Å². The van der Waals surface area contributed by atoms with Crippen molar-refractivity contribution < 1.29 is 9.53 Å². The zero-order valence-electron chi connectivity index (χ0n) is 10.8. The van der Waals surface area contributed by atoms with Crippen LogP contribution in [0.15, 0.2) is 22.7 Å². The minimum atomic E-state index is 0.0183. The maximum atomic E-state index is 11.3. The first-order valence-electron chi connectivity index (χ1n) is 6.00. The molecule has 0 aliphatic rings. The summed E-state index contributed by atoms with van der Waals surface area (Å²) in [6.45, 7) is 3.68. The summed E-state index contributed by atoms with van der Waals surface area (Å²) in [7, 11) is 1.89. The predicted octanol–water partition coefficient (Wildman–Crippen LogP) is 2.07. The number of nitrogens with one attached hydrogen (secondary N) is 2. The van der Waals surface area contributed by atoms with Gasteiger partial charge in [0, 0.05) is 23.1 Å². The summed E-state index contributed by atoms with van der Waals surface area (Å²) >= 11 is 3.43. The molecule has 1 aromatic carbocycles. The van der Waals surface area contributed by atoms with Crippen LogP contribution in [0.3, 0.4) is 0 Å². The molecule has 2 N–H and O–H groups in total. The van der Waals surface area contributed by atoms with Gasteiger partial charge in [0.25, 0.3) is 0 Å². The van der Waals surface area contributed by atoms with Crippen molar-refractivity contribution in [2.24, 2.45) is 0 Å². The molecule has 0 heterocycles. The maximum Gasteiger partial charge on any atom is 0.223 e. The highest BCUT2D eigenvalue weighted by Crippen LogP contribution is 2.23. The first-order valence-corrected chi connectivity index (χ1v) is 6.79. The Morgan fingerprint density at radius 2 is 2.22 bits per heavy atom. The van der Waals surface area contributed by atoms with Crippen LogP contribution in [0.25, 0.3) is 0 Å². The number of rotatable bonds is 7. The Kier molecular flexibility index (Phi) is 6.75.